The van der Waals surface area contributed by atoms with E-state index in [4.69, 9.17) is 11.6 Å². The van der Waals surface area contributed by atoms with Gasteiger partial charge in [0.05, 0.1) is 16.3 Å². The maximum atomic E-state index is 13.4. The lowest BCUT2D eigenvalue weighted by atomic mass is 9.69. The van der Waals surface area contributed by atoms with Crippen molar-refractivity contribution >= 4 is 23.2 Å². The van der Waals surface area contributed by atoms with Gasteiger partial charge in [-0.3, -0.25) is 4.79 Å². The van der Waals surface area contributed by atoms with E-state index in [1.54, 1.807) is 37.3 Å². The molecule has 138 valence electrons. The number of phenols is 2. The van der Waals surface area contributed by atoms with E-state index in [9.17, 15) is 20.3 Å². The predicted octanol–water partition coefficient (Wildman–Crippen LogP) is 4.22. The molecule has 3 aromatic carbocycles. The third-order valence-electron chi connectivity index (χ3n) is 5.20. The van der Waals surface area contributed by atoms with Gasteiger partial charge in [-0.05, 0) is 53.9 Å². The fourth-order valence-electron chi connectivity index (χ4n) is 3.82. The Labute approximate surface area is 166 Å². The Kier molecular flexibility index (Phi) is 4.02. The van der Waals surface area contributed by atoms with Gasteiger partial charge in [-0.15, -0.1) is 0 Å². The van der Waals surface area contributed by atoms with Crippen LogP contribution in [0.1, 0.15) is 27.8 Å². The number of benzene rings is 3. The third-order valence-corrected chi connectivity index (χ3v) is 5.69. The summed E-state index contributed by atoms with van der Waals surface area (Å²) in [5.74, 6) is -0.144. The SMILES string of the molecule is Cc1c(Cl)c(C#N)cc2c1NC(=O)C2(c1ccc(O)cc1)c1ccc(O)cc1. The summed E-state index contributed by atoms with van der Waals surface area (Å²) in [7, 11) is 0. The monoisotopic (exact) mass is 390 g/mol. The first-order valence-corrected chi connectivity index (χ1v) is 8.91. The topological polar surface area (TPSA) is 93.4 Å². The summed E-state index contributed by atoms with van der Waals surface area (Å²) in [6.45, 7) is 1.76. The van der Waals surface area contributed by atoms with Gasteiger partial charge >= 0.3 is 0 Å². The van der Waals surface area contributed by atoms with Gasteiger partial charge in [0.25, 0.3) is 0 Å². The summed E-state index contributed by atoms with van der Waals surface area (Å²) in [6.07, 6.45) is 0. The number of phenolic OH excluding ortho intramolecular Hbond substituents is 2. The minimum absolute atomic E-state index is 0.0771. The van der Waals surface area contributed by atoms with Gasteiger partial charge in [-0.25, -0.2) is 0 Å². The fraction of sp³-hybridized carbons (Fsp3) is 0.0909. The molecule has 0 spiro atoms. The van der Waals surface area contributed by atoms with Crippen molar-refractivity contribution in [3.8, 4) is 17.6 Å². The lowest BCUT2D eigenvalue weighted by Crippen LogP contribution is -2.37. The molecule has 1 heterocycles. The number of carbonyl (C=O) groups excluding carboxylic acids is 1. The second kappa shape index (κ2) is 6.29. The van der Waals surface area contributed by atoms with Gasteiger partial charge in [0.15, 0.2) is 0 Å². The van der Waals surface area contributed by atoms with E-state index >= 15 is 0 Å². The average Bonchev–Trinajstić information content (AvgIpc) is 2.99. The number of anilines is 1. The summed E-state index contributed by atoms with van der Waals surface area (Å²) in [4.78, 5) is 13.4. The molecule has 4 rings (SSSR count). The van der Waals surface area contributed by atoms with Crippen molar-refractivity contribution in [2.45, 2.75) is 12.3 Å². The van der Waals surface area contributed by atoms with Crippen LogP contribution in [-0.4, -0.2) is 16.1 Å². The lowest BCUT2D eigenvalue weighted by molar-refractivity contribution is -0.118. The van der Waals surface area contributed by atoms with E-state index in [1.807, 2.05) is 0 Å². The van der Waals surface area contributed by atoms with Gasteiger partial charge in [-0.2, -0.15) is 5.26 Å². The van der Waals surface area contributed by atoms with Crippen LogP contribution in [0.2, 0.25) is 5.02 Å². The van der Waals surface area contributed by atoms with Crippen LogP contribution < -0.4 is 5.32 Å². The van der Waals surface area contributed by atoms with Crippen molar-refractivity contribution in [2.24, 2.45) is 0 Å². The Morgan fingerprint density at radius 3 is 1.96 bits per heavy atom. The zero-order chi connectivity index (χ0) is 20.1. The summed E-state index contributed by atoms with van der Waals surface area (Å²) in [6, 6.07) is 16.5. The molecule has 0 unspecified atom stereocenters. The van der Waals surface area contributed by atoms with Crippen LogP contribution in [0.25, 0.3) is 0 Å². The fourth-order valence-corrected chi connectivity index (χ4v) is 4.02. The maximum Gasteiger partial charge on any atom is 0.244 e. The van der Waals surface area contributed by atoms with Gasteiger partial charge in [-0.1, -0.05) is 35.9 Å². The quantitative estimate of drug-likeness (QED) is 0.610. The maximum absolute atomic E-state index is 13.4. The molecular weight excluding hydrogens is 376 g/mol. The number of rotatable bonds is 2. The van der Waals surface area contributed by atoms with Crippen molar-refractivity contribution in [1.29, 1.82) is 5.26 Å². The second-order valence-electron chi connectivity index (χ2n) is 6.70. The van der Waals surface area contributed by atoms with E-state index in [0.29, 0.717) is 33.0 Å². The number of nitrogens with one attached hydrogen (secondary N) is 1. The zero-order valence-electron chi connectivity index (χ0n) is 14.8. The van der Waals surface area contributed by atoms with Crippen molar-refractivity contribution in [3.63, 3.8) is 0 Å². The smallest absolute Gasteiger partial charge is 0.244 e. The largest absolute Gasteiger partial charge is 0.508 e. The van der Waals surface area contributed by atoms with Crippen molar-refractivity contribution < 1.29 is 15.0 Å². The molecule has 1 aliphatic rings. The van der Waals surface area contributed by atoms with E-state index in [-0.39, 0.29) is 23.0 Å². The predicted molar refractivity (Wildman–Crippen MR) is 106 cm³/mol. The highest BCUT2D eigenvalue weighted by Crippen LogP contribution is 2.50. The number of hydrogen-bond donors (Lipinski definition) is 3. The van der Waals surface area contributed by atoms with Crippen LogP contribution in [0, 0.1) is 18.3 Å². The highest BCUT2D eigenvalue weighted by Gasteiger charge is 2.50. The molecule has 0 saturated carbocycles. The van der Waals surface area contributed by atoms with Crippen LogP contribution in [0.15, 0.2) is 54.6 Å². The van der Waals surface area contributed by atoms with Crippen LogP contribution in [-0.2, 0) is 10.2 Å². The molecule has 28 heavy (non-hydrogen) atoms. The molecule has 3 aromatic rings. The second-order valence-corrected chi connectivity index (χ2v) is 7.07. The van der Waals surface area contributed by atoms with Crippen LogP contribution in [0.5, 0.6) is 11.5 Å². The number of aromatic hydroxyl groups is 2. The summed E-state index contributed by atoms with van der Waals surface area (Å²) in [5.41, 5.74) is 2.05. The molecule has 0 atom stereocenters. The van der Waals surface area contributed by atoms with Gasteiger partial charge in [0, 0.05) is 5.56 Å². The summed E-state index contributed by atoms with van der Waals surface area (Å²) >= 11 is 6.31. The minimum atomic E-state index is -1.25. The molecule has 3 N–H and O–H groups in total. The van der Waals surface area contributed by atoms with E-state index < -0.39 is 5.41 Å². The van der Waals surface area contributed by atoms with Crippen molar-refractivity contribution in [3.05, 3.63) is 87.4 Å². The Morgan fingerprint density at radius 1 is 1.00 bits per heavy atom. The molecule has 0 radical (unpaired) electrons. The number of carbonyl (C=O) groups is 1. The molecule has 0 bridgehead atoms. The van der Waals surface area contributed by atoms with Gasteiger partial charge in [0.1, 0.15) is 23.0 Å². The highest BCUT2D eigenvalue weighted by atomic mass is 35.5. The lowest BCUT2D eigenvalue weighted by Gasteiger charge is -2.29. The van der Waals surface area contributed by atoms with E-state index in [0.717, 1.165) is 0 Å². The van der Waals surface area contributed by atoms with Gasteiger partial charge in [0.2, 0.25) is 5.91 Å². The molecule has 0 saturated heterocycles. The molecule has 0 aromatic heterocycles. The van der Waals surface area contributed by atoms with E-state index in [1.165, 1.54) is 24.3 Å². The van der Waals surface area contributed by atoms with Crippen molar-refractivity contribution in [2.75, 3.05) is 5.32 Å². The van der Waals surface area contributed by atoms with Gasteiger partial charge < -0.3 is 15.5 Å². The first-order chi connectivity index (χ1) is 13.4. The molecule has 0 aliphatic carbocycles. The summed E-state index contributed by atoms with van der Waals surface area (Å²) < 4.78 is 0. The first kappa shape index (κ1) is 17.9. The molecule has 5 nitrogen and oxygen atoms in total. The molecule has 1 amide bonds. The number of hydrogen-bond acceptors (Lipinski definition) is 4. The highest BCUT2D eigenvalue weighted by molar-refractivity contribution is 6.33. The Hall–Kier alpha value is -3.49. The Balaban J connectivity index is 2.13. The zero-order valence-corrected chi connectivity index (χ0v) is 15.6. The molecular formula is C22H15ClN2O3. The molecule has 6 heteroatoms. The summed E-state index contributed by atoms with van der Waals surface area (Å²) in [5, 5.41) is 32.2. The third kappa shape index (κ3) is 2.35. The Bertz CT molecular complexity index is 1100. The van der Waals surface area contributed by atoms with Crippen LogP contribution in [0.3, 0.4) is 0 Å². The first-order valence-electron chi connectivity index (χ1n) is 8.53. The standard InChI is InChI=1S/C22H15ClN2O3/c1-12-19(23)13(11-24)10-18-20(12)25-21(28)22(18,14-2-6-16(26)7-3-14)15-4-8-17(27)9-5-15/h2-10,26-27H,1H3,(H,25,28). The minimum Gasteiger partial charge on any atom is -0.508 e. The Morgan fingerprint density at radius 2 is 1.50 bits per heavy atom. The number of amides is 1. The number of fused-ring (bicyclic) bond motifs is 1. The van der Waals surface area contributed by atoms with Crippen molar-refractivity contribution in [1.82, 2.24) is 0 Å². The van der Waals surface area contributed by atoms with E-state index in [2.05, 4.69) is 11.4 Å². The molecule has 1 aliphatic heterocycles. The average molecular weight is 391 g/mol. The number of halogens is 1. The number of nitrogens with zero attached hydrogens (tertiary/aromatic N) is 1. The normalized spacial score (nSPS) is 14.2. The van der Waals surface area contributed by atoms with Crippen LogP contribution >= 0.6 is 11.6 Å². The molecule has 0 fully saturated rings. The van der Waals surface area contributed by atoms with Crippen LogP contribution in [0.4, 0.5) is 5.69 Å². The number of nitriles is 1.